The molecule has 1 aromatic heterocycles. The van der Waals surface area contributed by atoms with Crippen molar-refractivity contribution in [2.45, 2.75) is 12.3 Å². The average Bonchev–Trinajstić information content (AvgIpc) is 3.19. The van der Waals surface area contributed by atoms with E-state index in [-0.39, 0.29) is 5.37 Å². The number of methoxy groups -OCH3 is 2. The summed E-state index contributed by atoms with van der Waals surface area (Å²) in [6.07, 6.45) is 3.85. The lowest BCUT2D eigenvalue weighted by Gasteiger charge is -2.20. The molecule has 0 N–H and O–H groups in total. The Balaban J connectivity index is 1.76. The summed E-state index contributed by atoms with van der Waals surface area (Å²) in [4.78, 5) is 11.7. The van der Waals surface area contributed by atoms with E-state index in [1.165, 1.54) is 0 Å². The fourth-order valence-electron chi connectivity index (χ4n) is 3.25. The lowest BCUT2D eigenvalue weighted by atomic mass is 10.0. The van der Waals surface area contributed by atoms with Crippen molar-refractivity contribution >= 4 is 28.6 Å². The molecule has 0 spiro atoms. The molecule has 1 atom stereocenters. The molecule has 2 heterocycles. The molecule has 1 unspecified atom stereocenters. The first-order valence-corrected chi connectivity index (χ1v) is 10.3. The number of anilines is 1. The van der Waals surface area contributed by atoms with E-state index in [0.29, 0.717) is 19.0 Å². The van der Waals surface area contributed by atoms with Crippen molar-refractivity contribution in [3.63, 3.8) is 0 Å². The van der Waals surface area contributed by atoms with Crippen LogP contribution in [-0.2, 0) is 4.74 Å². The van der Waals surface area contributed by atoms with Gasteiger partial charge < -0.3 is 19.1 Å². The number of benzene rings is 2. The van der Waals surface area contributed by atoms with Crippen LogP contribution in [0.15, 0.2) is 54.2 Å². The number of ether oxygens (including phenoxy) is 3. The van der Waals surface area contributed by atoms with Crippen LogP contribution in [-0.4, -0.2) is 42.8 Å². The molecular weight excluding hydrogens is 386 g/mol. The minimum atomic E-state index is 0.289. The second-order valence-corrected chi connectivity index (χ2v) is 7.76. The van der Waals surface area contributed by atoms with Gasteiger partial charge in [-0.2, -0.15) is 0 Å². The van der Waals surface area contributed by atoms with E-state index >= 15 is 0 Å². The molecule has 0 radical (unpaired) electrons. The van der Waals surface area contributed by atoms with Gasteiger partial charge >= 0.3 is 0 Å². The molecule has 150 valence electrons. The number of hydrogen-bond donors (Lipinski definition) is 0. The van der Waals surface area contributed by atoms with Gasteiger partial charge in [-0.15, -0.1) is 11.8 Å². The molecule has 4 rings (SSSR count). The minimum Gasteiger partial charge on any atom is -0.494 e. The molecule has 0 bridgehead atoms. The van der Waals surface area contributed by atoms with Gasteiger partial charge in [-0.1, -0.05) is 12.1 Å². The van der Waals surface area contributed by atoms with E-state index < -0.39 is 0 Å². The second-order valence-electron chi connectivity index (χ2n) is 6.54. The van der Waals surface area contributed by atoms with E-state index in [0.717, 1.165) is 33.7 Å². The third kappa shape index (κ3) is 4.02. The van der Waals surface area contributed by atoms with E-state index in [1.807, 2.05) is 48.8 Å². The Bertz CT molecular complexity index is 1040. The maximum Gasteiger partial charge on any atom is 0.152 e. The average molecular weight is 410 g/mol. The van der Waals surface area contributed by atoms with E-state index in [4.69, 9.17) is 24.2 Å². The standard InChI is InChI=1S/C22H23N3O3S/c1-15-25(9-12-29-15)20-14-23-21-18(7-8-19(27-3)22(21)24-20)16-5-4-6-17(13-16)28-11-10-26-2/h4-9,12-15H,10-11H2,1-3H3. The molecular formula is C22H23N3O3S. The van der Waals surface area contributed by atoms with Gasteiger partial charge in [0.15, 0.2) is 5.82 Å². The Morgan fingerprint density at radius 2 is 2.00 bits per heavy atom. The van der Waals surface area contributed by atoms with E-state index in [2.05, 4.69) is 17.2 Å². The molecule has 0 amide bonds. The van der Waals surface area contributed by atoms with Crippen molar-refractivity contribution in [2.24, 2.45) is 0 Å². The van der Waals surface area contributed by atoms with Crippen LogP contribution in [0.5, 0.6) is 11.5 Å². The topological polar surface area (TPSA) is 56.7 Å². The van der Waals surface area contributed by atoms with Crippen LogP contribution in [0, 0.1) is 0 Å². The van der Waals surface area contributed by atoms with E-state index in [9.17, 15) is 0 Å². The molecule has 0 saturated carbocycles. The predicted molar refractivity (Wildman–Crippen MR) is 118 cm³/mol. The summed E-state index contributed by atoms with van der Waals surface area (Å²) in [5.74, 6) is 2.30. The van der Waals surface area contributed by atoms with Crippen molar-refractivity contribution in [3.05, 3.63) is 54.2 Å². The monoisotopic (exact) mass is 409 g/mol. The summed E-state index contributed by atoms with van der Waals surface area (Å²) in [6.45, 7) is 3.19. The van der Waals surface area contributed by atoms with Gasteiger partial charge in [0, 0.05) is 18.9 Å². The zero-order chi connectivity index (χ0) is 20.2. The Morgan fingerprint density at radius 1 is 1.10 bits per heavy atom. The van der Waals surface area contributed by atoms with Crippen molar-refractivity contribution < 1.29 is 14.2 Å². The fourth-order valence-corrected chi connectivity index (χ4v) is 3.99. The number of thioether (sulfide) groups is 1. The summed E-state index contributed by atoms with van der Waals surface area (Å²) >= 11 is 1.75. The predicted octanol–water partition coefficient (Wildman–Crippen LogP) is 4.70. The molecule has 1 aliphatic rings. The van der Waals surface area contributed by atoms with E-state index in [1.54, 1.807) is 26.0 Å². The Labute approximate surface area is 174 Å². The third-order valence-electron chi connectivity index (χ3n) is 4.72. The summed E-state index contributed by atoms with van der Waals surface area (Å²) in [5, 5.41) is 2.36. The molecule has 7 heteroatoms. The van der Waals surface area contributed by atoms with Crippen LogP contribution in [0.25, 0.3) is 22.2 Å². The molecule has 6 nitrogen and oxygen atoms in total. The maximum atomic E-state index is 5.76. The first-order valence-electron chi connectivity index (χ1n) is 9.37. The number of fused-ring (bicyclic) bond motifs is 1. The van der Waals surface area contributed by atoms with Gasteiger partial charge in [0.2, 0.25) is 0 Å². The second kappa shape index (κ2) is 8.71. The van der Waals surface area contributed by atoms with Gasteiger partial charge in [-0.05, 0) is 42.2 Å². The van der Waals surface area contributed by atoms with Gasteiger partial charge in [0.25, 0.3) is 0 Å². The maximum absolute atomic E-state index is 5.76. The van der Waals surface area contributed by atoms with Gasteiger partial charge in [-0.25, -0.2) is 9.97 Å². The number of nitrogens with zero attached hydrogens (tertiary/aromatic N) is 3. The molecule has 0 fully saturated rings. The molecule has 2 aromatic carbocycles. The van der Waals surface area contributed by atoms with Crippen molar-refractivity contribution in [2.75, 3.05) is 32.3 Å². The van der Waals surface area contributed by atoms with Crippen LogP contribution in [0.1, 0.15) is 6.92 Å². The first kappa shape index (κ1) is 19.5. The quantitative estimate of drug-likeness (QED) is 0.524. The molecule has 1 aliphatic heterocycles. The summed E-state index contributed by atoms with van der Waals surface area (Å²) < 4.78 is 16.4. The van der Waals surface area contributed by atoms with Crippen LogP contribution in [0.2, 0.25) is 0 Å². The number of aromatic nitrogens is 2. The van der Waals surface area contributed by atoms with Gasteiger partial charge in [-0.3, -0.25) is 0 Å². The lowest BCUT2D eigenvalue weighted by Crippen LogP contribution is -2.21. The molecule has 0 saturated heterocycles. The van der Waals surface area contributed by atoms with Crippen molar-refractivity contribution in [1.82, 2.24) is 9.97 Å². The highest BCUT2D eigenvalue weighted by Gasteiger charge is 2.20. The fraction of sp³-hybridized carbons (Fsp3) is 0.273. The molecule has 3 aromatic rings. The third-order valence-corrected chi connectivity index (χ3v) is 5.62. The highest BCUT2D eigenvalue weighted by atomic mass is 32.2. The molecule has 29 heavy (non-hydrogen) atoms. The lowest BCUT2D eigenvalue weighted by molar-refractivity contribution is 0.146. The highest BCUT2D eigenvalue weighted by Crippen LogP contribution is 2.36. The van der Waals surface area contributed by atoms with Gasteiger partial charge in [0.05, 0.1) is 25.3 Å². The number of rotatable bonds is 7. The van der Waals surface area contributed by atoms with Crippen molar-refractivity contribution in [1.29, 1.82) is 0 Å². The Morgan fingerprint density at radius 3 is 2.76 bits per heavy atom. The van der Waals surface area contributed by atoms with Crippen LogP contribution >= 0.6 is 11.8 Å². The van der Waals surface area contributed by atoms with Crippen LogP contribution in [0.4, 0.5) is 5.82 Å². The largest absolute Gasteiger partial charge is 0.494 e. The highest BCUT2D eigenvalue weighted by molar-refractivity contribution is 8.03. The van der Waals surface area contributed by atoms with Crippen LogP contribution < -0.4 is 14.4 Å². The minimum absolute atomic E-state index is 0.289. The normalized spacial score (nSPS) is 15.8. The smallest absolute Gasteiger partial charge is 0.152 e. The zero-order valence-corrected chi connectivity index (χ0v) is 17.5. The Kier molecular flexibility index (Phi) is 5.87. The zero-order valence-electron chi connectivity index (χ0n) is 16.7. The first-order chi connectivity index (χ1) is 14.2. The Hall–Kier alpha value is -2.77. The summed E-state index contributed by atoms with van der Waals surface area (Å²) in [6, 6.07) is 11.9. The summed E-state index contributed by atoms with van der Waals surface area (Å²) in [5.41, 5.74) is 3.53. The number of hydrogen-bond acceptors (Lipinski definition) is 7. The van der Waals surface area contributed by atoms with Gasteiger partial charge in [0.1, 0.15) is 29.1 Å². The van der Waals surface area contributed by atoms with Crippen molar-refractivity contribution in [3.8, 4) is 22.6 Å². The molecule has 0 aliphatic carbocycles. The van der Waals surface area contributed by atoms with Crippen LogP contribution in [0.3, 0.4) is 0 Å². The summed E-state index contributed by atoms with van der Waals surface area (Å²) in [7, 11) is 3.31. The SMILES string of the molecule is COCCOc1cccc(-c2ccc(OC)c3nc(N4C=CSC4C)cnc23)c1.